The number of para-hydroxylation sites is 1. The number of hydrogen-bond acceptors (Lipinski definition) is 4. The SMILES string of the molecule is Cn1c(=NC(=O)c2ccc3c(c2)OCCO3)sc2ccccc21. The Kier molecular flexibility index (Phi) is 3.38. The van der Waals surface area contributed by atoms with Crippen molar-refractivity contribution in [1.29, 1.82) is 0 Å². The number of nitrogens with zero attached hydrogens (tertiary/aromatic N) is 2. The van der Waals surface area contributed by atoms with E-state index in [0.717, 1.165) is 10.2 Å². The van der Waals surface area contributed by atoms with Crippen molar-refractivity contribution in [3.63, 3.8) is 0 Å². The molecule has 0 spiro atoms. The van der Waals surface area contributed by atoms with Gasteiger partial charge in [-0.15, -0.1) is 0 Å². The zero-order valence-electron chi connectivity index (χ0n) is 12.5. The van der Waals surface area contributed by atoms with Crippen LogP contribution < -0.4 is 14.3 Å². The predicted octanol–water partition coefficient (Wildman–Crippen LogP) is 2.75. The van der Waals surface area contributed by atoms with Gasteiger partial charge in [-0.1, -0.05) is 23.5 Å². The van der Waals surface area contributed by atoms with Gasteiger partial charge in [-0.3, -0.25) is 4.79 Å². The largest absolute Gasteiger partial charge is 0.486 e. The van der Waals surface area contributed by atoms with E-state index in [1.165, 1.54) is 11.3 Å². The summed E-state index contributed by atoms with van der Waals surface area (Å²) in [6.07, 6.45) is 0. The molecule has 0 atom stereocenters. The van der Waals surface area contributed by atoms with Crippen LogP contribution in [0.3, 0.4) is 0 Å². The van der Waals surface area contributed by atoms with Gasteiger partial charge in [0.2, 0.25) is 0 Å². The van der Waals surface area contributed by atoms with Crippen LogP contribution in [0.2, 0.25) is 0 Å². The lowest BCUT2D eigenvalue weighted by Gasteiger charge is -2.18. The van der Waals surface area contributed by atoms with Crippen molar-refractivity contribution in [2.75, 3.05) is 13.2 Å². The molecule has 4 rings (SSSR count). The number of carbonyl (C=O) groups excluding carboxylic acids is 1. The number of aromatic nitrogens is 1. The second kappa shape index (κ2) is 5.55. The molecule has 2 heterocycles. The average molecular weight is 326 g/mol. The summed E-state index contributed by atoms with van der Waals surface area (Å²) in [6, 6.07) is 13.1. The summed E-state index contributed by atoms with van der Waals surface area (Å²) in [5, 5.41) is 0. The van der Waals surface area contributed by atoms with Gasteiger partial charge in [-0.2, -0.15) is 4.99 Å². The maximum atomic E-state index is 12.5. The Bertz CT molecular complexity index is 971. The Morgan fingerprint density at radius 1 is 1.13 bits per heavy atom. The van der Waals surface area contributed by atoms with Gasteiger partial charge in [0, 0.05) is 12.6 Å². The molecule has 116 valence electrons. The van der Waals surface area contributed by atoms with Crippen LogP contribution in [-0.4, -0.2) is 23.7 Å². The van der Waals surface area contributed by atoms with Crippen LogP contribution >= 0.6 is 11.3 Å². The molecule has 5 nitrogen and oxygen atoms in total. The molecule has 0 radical (unpaired) electrons. The predicted molar refractivity (Wildman–Crippen MR) is 88.1 cm³/mol. The molecule has 23 heavy (non-hydrogen) atoms. The summed E-state index contributed by atoms with van der Waals surface area (Å²) in [5.41, 5.74) is 1.55. The first-order valence-corrected chi connectivity index (χ1v) is 8.07. The van der Waals surface area contributed by atoms with Gasteiger partial charge in [-0.25, -0.2) is 0 Å². The molecular formula is C17H14N2O3S. The number of benzene rings is 2. The Morgan fingerprint density at radius 3 is 2.74 bits per heavy atom. The van der Waals surface area contributed by atoms with Crippen molar-refractivity contribution in [2.45, 2.75) is 0 Å². The molecule has 0 unspecified atom stereocenters. The molecule has 1 aliphatic heterocycles. The summed E-state index contributed by atoms with van der Waals surface area (Å²) in [5.74, 6) is 0.974. The van der Waals surface area contributed by atoms with Crippen molar-refractivity contribution >= 4 is 27.5 Å². The third-order valence-corrected chi connectivity index (χ3v) is 4.81. The van der Waals surface area contributed by atoms with Crippen LogP contribution in [0.5, 0.6) is 11.5 Å². The number of thiazole rings is 1. The van der Waals surface area contributed by atoms with E-state index in [1.807, 2.05) is 35.9 Å². The van der Waals surface area contributed by atoms with Gasteiger partial charge >= 0.3 is 0 Å². The maximum Gasteiger partial charge on any atom is 0.279 e. The number of fused-ring (bicyclic) bond motifs is 2. The van der Waals surface area contributed by atoms with Crippen LogP contribution in [0, 0.1) is 0 Å². The van der Waals surface area contributed by atoms with Crippen LogP contribution in [0.15, 0.2) is 47.5 Å². The first-order valence-electron chi connectivity index (χ1n) is 7.25. The lowest BCUT2D eigenvalue weighted by molar-refractivity contribution is 0.0996. The van der Waals surface area contributed by atoms with Gasteiger partial charge < -0.3 is 14.0 Å². The number of amides is 1. The van der Waals surface area contributed by atoms with Crippen molar-refractivity contribution < 1.29 is 14.3 Å². The Balaban J connectivity index is 1.75. The number of rotatable bonds is 1. The monoisotopic (exact) mass is 326 g/mol. The summed E-state index contributed by atoms with van der Waals surface area (Å²) < 4.78 is 14.0. The third-order valence-electron chi connectivity index (χ3n) is 3.70. The molecular weight excluding hydrogens is 312 g/mol. The number of hydrogen-bond donors (Lipinski definition) is 0. The van der Waals surface area contributed by atoms with Crippen LogP contribution in [0.4, 0.5) is 0 Å². The van der Waals surface area contributed by atoms with Gasteiger partial charge in [-0.05, 0) is 30.3 Å². The van der Waals surface area contributed by atoms with Gasteiger partial charge in [0.05, 0.1) is 10.2 Å². The molecule has 3 aromatic rings. The third kappa shape index (κ3) is 2.51. The summed E-state index contributed by atoms with van der Waals surface area (Å²) in [7, 11) is 1.91. The average Bonchev–Trinajstić information content (AvgIpc) is 2.91. The van der Waals surface area contributed by atoms with E-state index in [2.05, 4.69) is 4.99 Å². The van der Waals surface area contributed by atoms with Crippen LogP contribution in [-0.2, 0) is 7.05 Å². The highest BCUT2D eigenvalue weighted by Crippen LogP contribution is 2.30. The standard InChI is InChI=1S/C17H14N2O3S/c1-19-12-4-2-3-5-15(12)23-17(19)18-16(20)11-6-7-13-14(10-11)22-9-8-21-13/h2-7,10H,8-9H2,1H3. The second-order valence-corrected chi connectivity index (χ2v) is 6.20. The molecule has 2 aromatic carbocycles. The molecule has 0 saturated heterocycles. The molecule has 0 aliphatic carbocycles. The smallest absolute Gasteiger partial charge is 0.279 e. The van der Waals surface area contributed by atoms with Gasteiger partial charge in [0.25, 0.3) is 5.91 Å². The lowest BCUT2D eigenvalue weighted by Crippen LogP contribution is -2.16. The van der Waals surface area contributed by atoms with E-state index in [9.17, 15) is 4.79 Å². The molecule has 6 heteroatoms. The van der Waals surface area contributed by atoms with Crippen molar-refractivity contribution in [3.05, 3.63) is 52.8 Å². The van der Waals surface area contributed by atoms with Crippen molar-refractivity contribution in [1.82, 2.24) is 4.57 Å². The highest BCUT2D eigenvalue weighted by molar-refractivity contribution is 7.16. The highest BCUT2D eigenvalue weighted by atomic mass is 32.1. The first-order chi connectivity index (χ1) is 11.2. The molecule has 1 aliphatic rings. The number of ether oxygens (including phenoxy) is 2. The van der Waals surface area contributed by atoms with Gasteiger partial charge in [0.15, 0.2) is 16.3 Å². The molecule has 1 amide bonds. The highest BCUT2D eigenvalue weighted by Gasteiger charge is 2.15. The number of aryl methyl sites for hydroxylation is 1. The van der Waals surface area contributed by atoms with E-state index in [-0.39, 0.29) is 5.91 Å². The first kappa shape index (κ1) is 14.0. The molecule has 1 aromatic heterocycles. The molecule has 0 bridgehead atoms. The fourth-order valence-electron chi connectivity index (χ4n) is 2.52. The minimum atomic E-state index is -0.288. The van der Waals surface area contributed by atoms with Gasteiger partial charge in [0.1, 0.15) is 13.2 Å². The zero-order chi connectivity index (χ0) is 15.8. The maximum absolute atomic E-state index is 12.5. The second-order valence-electron chi connectivity index (χ2n) is 5.19. The minimum absolute atomic E-state index is 0.288. The van der Waals surface area contributed by atoms with E-state index in [4.69, 9.17) is 9.47 Å². The molecule has 0 saturated carbocycles. The fourth-order valence-corrected chi connectivity index (χ4v) is 3.53. The Morgan fingerprint density at radius 2 is 1.91 bits per heavy atom. The zero-order valence-corrected chi connectivity index (χ0v) is 13.3. The Hall–Kier alpha value is -2.60. The van der Waals surface area contributed by atoms with E-state index >= 15 is 0 Å². The summed E-state index contributed by atoms with van der Waals surface area (Å²) in [4.78, 5) is 17.4. The topological polar surface area (TPSA) is 52.8 Å². The fraction of sp³-hybridized carbons (Fsp3) is 0.176. The quantitative estimate of drug-likeness (QED) is 0.691. The summed E-state index contributed by atoms with van der Waals surface area (Å²) >= 11 is 1.50. The normalized spacial score (nSPS) is 14.2. The van der Waals surface area contributed by atoms with Crippen molar-refractivity contribution in [2.24, 2.45) is 12.0 Å². The number of carbonyl (C=O) groups is 1. The van der Waals surface area contributed by atoms with E-state index in [1.54, 1.807) is 18.2 Å². The molecule has 0 N–H and O–H groups in total. The van der Waals surface area contributed by atoms with E-state index < -0.39 is 0 Å². The summed E-state index contributed by atoms with van der Waals surface area (Å²) in [6.45, 7) is 1.02. The van der Waals surface area contributed by atoms with Crippen LogP contribution in [0.25, 0.3) is 10.2 Å². The van der Waals surface area contributed by atoms with Crippen LogP contribution in [0.1, 0.15) is 10.4 Å². The van der Waals surface area contributed by atoms with E-state index in [0.29, 0.717) is 35.1 Å². The lowest BCUT2D eigenvalue weighted by atomic mass is 10.2. The Labute approximate surface area is 136 Å². The minimum Gasteiger partial charge on any atom is -0.486 e. The van der Waals surface area contributed by atoms with Crippen molar-refractivity contribution in [3.8, 4) is 11.5 Å². The molecule has 0 fully saturated rings.